The van der Waals surface area contributed by atoms with Gasteiger partial charge in [-0.15, -0.1) is 23.5 Å². The zero-order valence-corrected chi connectivity index (χ0v) is 15.8. The lowest BCUT2D eigenvalue weighted by molar-refractivity contribution is 0.569. The molecule has 1 aromatic heterocycles. The Bertz CT molecular complexity index is 563. The number of halogens is 1. The summed E-state index contributed by atoms with van der Waals surface area (Å²) in [6.07, 6.45) is 10.8. The average Bonchev–Trinajstić information content (AvgIpc) is 3.07. The van der Waals surface area contributed by atoms with Gasteiger partial charge in [0.05, 0.1) is 10.4 Å². The first-order valence-electron chi connectivity index (χ1n) is 7.74. The molecule has 22 heavy (non-hydrogen) atoms. The number of aryl methyl sites for hydroxylation is 2. The number of benzene rings is 1. The van der Waals surface area contributed by atoms with Gasteiger partial charge < -0.3 is 4.57 Å². The molecule has 0 radical (unpaired) electrons. The van der Waals surface area contributed by atoms with Crippen LogP contribution in [0.25, 0.3) is 0 Å². The molecular weight excluding hydrogens is 376 g/mol. The lowest BCUT2D eigenvalue weighted by Crippen LogP contribution is -2.27. The molecule has 5 heteroatoms. The van der Waals surface area contributed by atoms with Gasteiger partial charge in [0.1, 0.15) is 0 Å². The van der Waals surface area contributed by atoms with E-state index in [9.17, 15) is 0 Å². The van der Waals surface area contributed by atoms with Gasteiger partial charge in [-0.1, -0.05) is 28.1 Å². The minimum Gasteiger partial charge on any atom is -0.337 e. The Labute approximate surface area is 149 Å². The molecule has 2 aromatic rings. The third kappa shape index (κ3) is 4.56. The van der Waals surface area contributed by atoms with Crippen molar-refractivity contribution in [3.63, 3.8) is 0 Å². The number of thioether (sulfide) groups is 2. The fourth-order valence-electron chi connectivity index (χ4n) is 2.73. The second-order valence-corrected chi connectivity index (χ2v) is 9.77. The lowest BCUT2D eigenvalue weighted by Gasteiger charge is -2.36. The van der Waals surface area contributed by atoms with Crippen molar-refractivity contribution < 1.29 is 0 Å². The molecule has 2 nitrogen and oxygen atoms in total. The van der Waals surface area contributed by atoms with Crippen LogP contribution in [-0.2, 0) is 13.0 Å². The van der Waals surface area contributed by atoms with Gasteiger partial charge in [-0.05, 0) is 54.9 Å². The lowest BCUT2D eigenvalue weighted by atomic mass is 10.1. The molecule has 0 bridgehead atoms. The van der Waals surface area contributed by atoms with E-state index < -0.39 is 0 Å². The Balaban J connectivity index is 1.62. The summed E-state index contributed by atoms with van der Waals surface area (Å²) >= 11 is 7.86. The van der Waals surface area contributed by atoms with Crippen molar-refractivity contribution in [1.82, 2.24) is 9.55 Å². The number of hydrogen-bond acceptors (Lipinski definition) is 3. The Morgan fingerprint density at radius 3 is 2.59 bits per heavy atom. The fraction of sp³-hybridized carbons (Fsp3) is 0.471. The molecular formula is C17H21BrN2S2. The van der Waals surface area contributed by atoms with Gasteiger partial charge in [-0.2, -0.15) is 0 Å². The normalized spacial score (nSPS) is 17.5. The highest BCUT2D eigenvalue weighted by Crippen LogP contribution is 2.48. The minimum atomic E-state index is 0.371. The van der Waals surface area contributed by atoms with Gasteiger partial charge >= 0.3 is 0 Å². The molecule has 0 spiro atoms. The molecule has 0 amide bonds. The summed E-state index contributed by atoms with van der Waals surface area (Å²) < 4.78 is 3.74. The molecule has 1 aromatic carbocycles. The van der Waals surface area contributed by atoms with Crippen LogP contribution in [0.5, 0.6) is 0 Å². The predicted molar refractivity (Wildman–Crippen MR) is 102 cm³/mol. The monoisotopic (exact) mass is 396 g/mol. The van der Waals surface area contributed by atoms with Crippen molar-refractivity contribution in [1.29, 1.82) is 0 Å². The smallest absolute Gasteiger partial charge is 0.0945 e. The number of aromatic nitrogens is 2. The van der Waals surface area contributed by atoms with Crippen molar-refractivity contribution in [3.05, 3.63) is 53.0 Å². The maximum Gasteiger partial charge on any atom is 0.0945 e. The number of rotatable bonds is 6. The maximum absolute atomic E-state index is 4.16. The zero-order valence-electron chi connectivity index (χ0n) is 12.6. The molecule has 3 rings (SSSR count). The summed E-state index contributed by atoms with van der Waals surface area (Å²) in [5.74, 6) is 2.61. The summed E-state index contributed by atoms with van der Waals surface area (Å²) in [5, 5.41) is 0. The molecule has 0 saturated carbocycles. The highest BCUT2D eigenvalue weighted by Gasteiger charge is 2.33. The van der Waals surface area contributed by atoms with E-state index in [4.69, 9.17) is 0 Å². The summed E-state index contributed by atoms with van der Waals surface area (Å²) in [5.41, 5.74) is 1.44. The summed E-state index contributed by atoms with van der Waals surface area (Å²) in [6, 6.07) is 8.78. The van der Waals surface area contributed by atoms with E-state index in [0.29, 0.717) is 4.08 Å². The van der Waals surface area contributed by atoms with Crippen molar-refractivity contribution in [2.75, 3.05) is 11.5 Å². The number of imidazole rings is 1. The zero-order chi connectivity index (χ0) is 15.3. The highest BCUT2D eigenvalue weighted by molar-refractivity contribution is 9.10. The van der Waals surface area contributed by atoms with E-state index in [-0.39, 0.29) is 0 Å². The molecule has 1 saturated heterocycles. The van der Waals surface area contributed by atoms with Gasteiger partial charge in [0, 0.05) is 23.4 Å². The average molecular weight is 397 g/mol. The fourth-order valence-corrected chi connectivity index (χ4v) is 6.30. The van der Waals surface area contributed by atoms with Crippen LogP contribution in [0.2, 0.25) is 0 Å². The van der Waals surface area contributed by atoms with Crippen LogP contribution in [-0.4, -0.2) is 25.1 Å². The van der Waals surface area contributed by atoms with Crippen molar-refractivity contribution in [3.8, 4) is 0 Å². The molecule has 1 aliphatic rings. The number of hydrogen-bond donors (Lipinski definition) is 0. The Morgan fingerprint density at radius 2 is 1.91 bits per heavy atom. The molecule has 1 fully saturated rings. The van der Waals surface area contributed by atoms with Crippen LogP contribution in [0.1, 0.15) is 24.8 Å². The van der Waals surface area contributed by atoms with E-state index in [0.717, 1.165) is 17.4 Å². The van der Waals surface area contributed by atoms with Crippen molar-refractivity contribution in [2.45, 2.75) is 36.3 Å². The molecule has 0 aliphatic carbocycles. The van der Waals surface area contributed by atoms with E-state index >= 15 is 0 Å². The van der Waals surface area contributed by atoms with E-state index in [1.54, 1.807) is 0 Å². The van der Waals surface area contributed by atoms with Gasteiger partial charge in [0.25, 0.3) is 0 Å². The van der Waals surface area contributed by atoms with E-state index in [1.165, 1.54) is 36.3 Å². The van der Waals surface area contributed by atoms with Crippen LogP contribution in [0.4, 0.5) is 0 Å². The first-order chi connectivity index (χ1) is 10.8. The van der Waals surface area contributed by atoms with Gasteiger partial charge in [0.2, 0.25) is 0 Å². The molecule has 2 heterocycles. The molecule has 0 atom stereocenters. The summed E-state index contributed by atoms with van der Waals surface area (Å²) in [7, 11) is 0. The van der Waals surface area contributed by atoms with Crippen molar-refractivity contribution in [2.24, 2.45) is 0 Å². The summed E-state index contributed by atoms with van der Waals surface area (Å²) in [4.78, 5) is 4.16. The van der Waals surface area contributed by atoms with Crippen LogP contribution < -0.4 is 0 Å². The van der Waals surface area contributed by atoms with E-state index in [2.05, 4.69) is 79.5 Å². The second kappa shape index (κ2) is 7.93. The molecule has 0 N–H and O–H groups in total. The largest absolute Gasteiger partial charge is 0.337 e. The first-order valence-corrected chi connectivity index (χ1v) is 10.5. The molecule has 1 aliphatic heterocycles. The van der Waals surface area contributed by atoms with Crippen LogP contribution in [0.15, 0.2) is 47.5 Å². The molecule has 0 unspecified atom stereocenters. The van der Waals surface area contributed by atoms with Crippen LogP contribution in [0.3, 0.4) is 0 Å². The standard InChI is InChI=1S/C17H21BrN2S2/c18-16-4-2-15(3-5-16)6-7-17(21-12-1-13-22-17)8-10-20-11-9-19-14-20/h2-5,9,11,14H,1,6-8,10,12-13H2. The quantitative estimate of drug-likeness (QED) is 0.664. The minimum absolute atomic E-state index is 0.371. The Kier molecular flexibility index (Phi) is 5.94. The van der Waals surface area contributed by atoms with Gasteiger partial charge in [0.15, 0.2) is 0 Å². The SMILES string of the molecule is Brc1ccc(CCC2(CCn3ccnc3)SCCCS2)cc1. The van der Waals surface area contributed by atoms with E-state index in [1.807, 2.05) is 12.5 Å². The van der Waals surface area contributed by atoms with Crippen molar-refractivity contribution >= 4 is 39.5 Å². The summed E-state index contributed by atoms with van der Waals surface area (Å²) in [6.45, 7) is 1.07. The first kappa shape index (κ1) is 16.5. The third-order valence-electron chi connectivity index (χ3n) is 4.04. The van der Waals surface area contributed by atoms with Crippen LogP contribution >= 0.6 is 39.5 Å². The number of nitrogens with zero attached hydrogens (tertiary/aromatic N) is 2. The van der Waals surface area contributed by atoms with Crippen LogP contribution in [0, 0.1) is 0 Å². The molecule has 118 valence electrons. The van der Waals surface area contributed by atoms with Gasteiger partial charge in [-0.25, -0.2) is 4.98 Å². The van der Waals surface area contributed by atoms with Gasteiger partial charge in [-0.3, -0.25) is 0 Å². The predicted octanol–water partition coefficient (Wildman–Crippen LogP) is 5.23. The maximum atomic E-state index is 4.16. The highest BCUT2D eigenvalue weighted by atomic mass is 79.9. The third-order valence-corrected chi connectivity index (χ3v) is 8.13. The Hall–Kier alpha value is -0.390. The topological polar surface area (TPSA) is 17.8 Å². The Morgan fingerprint density at radius 1 is 1.14 bits per heavy atom. The second-order valence-electron chi connectivity index (χ2n) is 5.64.